The second kappa shape index (κ2) is 11.0. The maximum Gasteiger partial charge on any atom is 0.187 e. The molecule has 2 aliphatic rings. The van der Waals surface area contributed by atoms with Gasteiger partial charge in [0.2, 0.25) is 0 Å². The molecule has 4 rings (SSSR count). The Hall–Kier alpha value is -2.06. The number of ether oxygens (including phenoxy) is 6. The van der Waals surface area contributed by atoms with Gasteiger partial charge in [-0.1, -0.05) is 66.7 Å². The van der Waals surface area contributed by atoms with Gasteiger partial charge in [0.15, 0.2) is 12.6 Å². The first-order chi connectivity index (χ1) is 15.2. The Balaban J connectivity index is 1.55. The first-order valence-corrected chi connectivity index (χ1v) is 10.7. The smallest absolute Gasteiger partial charge is 0.187 e. The van der Waals surface area contributed by atoms with Gasteiger partial charge in [-0.3, -0.25) is 0 Å². The second-order valence-corrected chi connectivity index (χ2v) is 7.69. The minimum atomic E-state index is -0.621. The van der Waals surface area contributed by atoms with Crippen LogP contribution in [-0.2, 0) is 41.6 Å². The van der Waals surface area contributed by atoms with Crippen molar-refractivity contribution in [1.82, 2.24) is 0 Å². The van der Waals surface area contributed by atoms with Gasteiger partial charge in [-0.15, -0.1) is 6.58 Å². The Morgan fingerprint density at radius 1 is 0.871 bits per heavy atom. The first kappa shape index (κ1) is 22.1. The van der Waals surface area contributed by atoms with Gasteiger partial charge in [0.05, 0.1) is 26.4 Å². The van der Waals surface area contributed by atoms with Gasteiger partial charge in [-0.2, -0.15) is 0 Å². The van der Waals surface area contributed by atoms with Crippen LogP contribution in [-0.4, -0.2) is 50.2 Å². The van der Waals surface area contributed by atoms with E-state index in [2.05, 4.69) is 6.58 Å². The molecule has 31 heavy (non-hydrogen) atoms. The lowest BCUT2D eigenvalue weighted by Gasteiger charge is -2.48. The maximum atomic E-state index is 6.41. The van der Waals surface area contributed by atoms with Gasteiger partial charge in [0, 0.05) is 0 Å². The Bertz CT molecular complexity index is 798. The van der Waals surface area contributed by atoms with E-state index in [-0.39, 0.29) is 24.6 Å². The van der Waals surface area contributed by atoms with Crippen LogP contribution in [0.1, 0.15) is 18.1 Å². The van der Waals surface area contributed by atoms with E-state index in [1.807, 2.05) is 67.6 Å². The third-order valence-electron chi connectivity index (χ3n) is 5.38. The fourth-order valence-corrected chi connectivity index (χ4v) is 3.86. The third-order valence-corrected chi connectivity index (χ3v) is 5.38. The van der Waals surface area contributed by atoms with Gasteiger partial charge >= 0.3 is 0 Å². The molecule has 0 spiro atoms. The summed E-state index contributed by atoms with van der Waals surface area (Å²) in [5.74, 6) is 0. The molecule has 2 saturated heterocycles. The Labute approximate surface area is 183 Å². The minimum Gasteiger partial charge on any atom is -0.368 e. The zero-order chi connectivity index (χ0) is 21.5. The highest BCUT2D eigenvalue weighted by molar-refractivity contribution is 5.14. The Kier molecular flexibility index (Phi) is 7.86. The van der Waals surface area contributed by atoms with Crippen LogP contribution < -0.4 is 0 Å². The van der Waals surface area contributed by atoms with Gasteiger partial charge in [-0.05, 0) is 18.1 Å². The van der Waals surface area contributed by atoms with E-state index in [9.17, 15) is 0 Å². The molecule has 166 valence electrons. The number of hydrogen-bond acceptors (Lipinski definition) is 6. The molecular formula is C25H30O6. The Morgan fingerprint density at radius 3 is 2.10 bits per heavy atom. The van der Waals surface area contributed by atoms with Crippen LogP contribution >= 0.6 is 0 Å². The molecule has 2 heterocycles. The van der Waals surface area contributed by atoms with Crippen molar-refractivity contribution in [3.63, 3.8) is 0 Å². The molecule has 0 aliphatic carbocycles. The van der Waals surface area contributed by atoms with Crippen molar-refractivity contribution in [2.75, 3.05) is 13.2 Å². The van der Waals surface area contributed by atoms with E-state index in [4.69, 9.17) is 28.4 Å². The molecule has 1 unspecified atom stereocenters. The van der Waals surface area contributed by atoms with Crippen molar-refractivity contribution in [1.29, 1.82) is 0 Å². The molecule has 0 N–H and O–H groups in total. The highest BCUT2D eigenvalue weighted by Crippen LogP contribution is 2.33. The second-order valence-electron chi connectivity index (χ2n) is 7.69. The molecule has 0 saturated carbocycles. The zero-order valence-corrected chi connectivity index (χ0v) is 17.8. The zero-order valence-electron chi connectivity index (χ0n) is 17.8. The molecular weight excluding hydrogens is 396 g/mol. The van der Waals surface area contributed by atoms with Crippen LogP contribution in [0.3, 0.4) is 0 Å². The van der Waals surface area contributed by atoms with Crippen LogP contribution in [0.25, 0.3) is 0 Å². The van der Waals surface area contributed by atoms with E-state index in [0.29, 0.717) is 26.4 Å². The van der Waals surface area contributed by atoms with E-state index >= 15 is 0 Å². The average Bonchev–Trinajstić information content (AvgIpc) is 2.81. The van der Waals surface area contributed by atoms with Gasteiger partial charge in [-0.25, -0.2) is 0 Å². The molecule has 0 aromatic heterocycles. The van der Waals surface area contributed by atoms with Gasteiger partial charge < -0.3 is 28.4 Å². The summed E-state index contributed by atoms with van der Waals surface area (Å²) >= 11 is 0. The summed E-state index contributed by atoms with van der Waals surface area (Å²) in [4.78, 5) is 0. The lowest BCUT2D eigenvalue weighted by atomic mass is 9.97. The lowest BCUT2D eigenvalue weighted by molar-refractivity contribution is -0.366. The van der Waals surface area contributed by atoms with E-state index < -0.39 is 12.4 Å². The summed E-state index contributed by atoms with van der Waals surface area (Å²) in [7, 11) is 0. The van der Waals surface area contributed by atoms with E-state index in [0.717, 1.165) is 11.1 Å². The first-order valence-electron chi connectivity index (χ1n) is 10.7. The van der Waals surface area contributed by atoms with Gasteiger partial charge in [0.25, 0.3) is 0 Å². The van der Waals surface area contributed by atoms with Crippen molar-refractivity contribution < 1.29 is 28.4 Å². The number of hydrogen-bond donors (Lipinski definition) is 0. The molecule has 0 radical (unpaired) electrons. The molecule has 2 aromatic carbocycles. The molecule has 2 aromatic rings. The van der Waals surface area contributed by atoms with Gasteiger partial charge in [0.1, 0.15) is 24.4 Å². The molecule has 0 bridgehead atoms. The summed E-state index contributed by atoms with van der Waals surface area (Å²) < 4.78 is 36.6. The predicted molar refractivity (Wildman–Crippen MR) is 115 cm³/mol. The number of fused-ring (bicyclic) bond motifs is 1. The largest absolute Gasteiger partial charge is 0.368 e. The quantitative estimate of drug-likeness (QED) is 0.568. The van der Waals surface area contributed by atoms with Crippen LogP contribution in [0, 0.1) is 0 Å². The SMILES string of the molecule is C=CCO[C@@H]1O[C@@H]2COC(C)O[C@H]2[C@@H](OCc2ccccc2)[C@H]1OCc1ccccc1. The maximum absolute atomic E-state index is 6.41. The third kappa shape index (κ3) is 5.80. The fourth-order valence-electron chi connectivity index (χ4n) is 3.86. The standard InChI is InChI=1S/C25H30O6/c1-3-14-26-25-24(29-16-20-12-8-5-9-13-20)23(28-15-19-10-6-4-7-11-19)22-21(31-25)17-27-18(2)30-22/h3-13,18,21-25H,1,14-17H2,2H3/t18?,21-,22-,23-,24-,25-/m1/s1. The van der Waals surface area contributed by atoms with Crippen molar-refractivity contribution in [3.05, 3.63) is 84.4 Å². The topological polar surface area (TPSA) is 55.4 Å². The molecule has 6 nitrogen and oxygen atoms in total. The van der Waals surface area contributed by atoms with Crippen molar-refractivity contribution in [3.8, 4) is 0 Å². The molecule has 2 aliphatic heterocycles. The van der Waals surface area contributed by atoms with Crippen LogP contribution in [0.4, 0.5) is 0 Å². The Morgan fingerprint density at radius 2 is 1.48 bits per heavy atom. The van der Waals surface area contributed by atoms with Crippen molar-refractivity contribution in [2.24, 2.45) is 0 Å². The van der Waals surface area contributed by atoms with E-state index in [1.54, 1.807) is 6.08 Å². The average molecular weight is 427 g/mol. The summed E-state index contributed by atoms with van der Waals surface area (Å²) in [5.41, 5.74) is 2.14. The number of rotatable bonds is 9. The molecule has 0 amide bonds. The summed E-state index contributed by atoms with van der Waals surface area (Å²) in [6.45, 7) is 7.24. The predicted octanol–water partition coefficient (Wildman–Crippen LogP) is 3.85. The normalized spacial score (nSPS) is 30.5. The van der Waals surface area contributed by atoms with Crippen LogP contribution in [0.5, 0.6) is 0 Å². The molecule has 6 atom stereocenters. The highest BCUT2D eigenvalue weighted by Gasteiger charge is 2.51. The highest BCUT2D eigenvalue weighted by atomic mass is 16.8. The summed E-state index contributed by atoms with van der Waals surface area (Å²) in [6, 6.07) is 20.1. The molecule has 6 heteroatoms. The minimum absolute atomic E-state index is 0.302. The van der Waals surface area contributed by atoms with Crippen molar-refractivity contribution >= 4 is 0 Å². The molecule has 2 fully saturated rings. The van der Waals surface area contributed by atoms with Crippen LogP contribution in [0.15, 0.2) is 73.3 Å². The fraction of sp³-hybridized carbons (Fsp3) is 0.440. The number of benzene rings is 2. The summed E-state index contributed by atoms with van der Waals surface area (Å²) in [6.07, 6.45) is -0.753. The monoisotopic (exact) mass is 426 g/mol. The van der Waals surface area contributed by atoms with E-state index in [1.165, 1.54) is 0 Å². The van der Waals surface area contributed by atoms with Crippen molar-refractivity contribution in [2.45, 2.75) is 57.1 Å². The summed E-state index contributed by atoms with van der Waals surface area (Å²) in [5, 5.41) is 0. The van der Waals surface area contributed by atoms with Crippen LogP contribution in [0.2, 0.25) is 0 Å². The lowest BCUT2D eigenvalue weighted by Crippen LogP contribution is -2.64.